The van der Waals surface area contributed by atoms with E-state index in [2.05, 4.69) is 0 Å². The molecule has 2 aromatic heterocycles. The van der Waals surface area contributed by atoms with Gasteiger partial charge in [0.1, 0.15) is 11.1 Å². The van der Waals surface area contributed by atoms with Crippen LogP contribution in [0.2, 0.25) is 0 Å². The van der Waals surface area contributed by atoms with Gasteiger partial charge in [-0.1, -0.05) is 36.4 Å². The second-order valence-electron chi connectivity index (χ2n) is 6.94. The van der Waals surface area contributed by atoms with Crippen LogP contribution in [0.15, 0.2) is 75.9 Å². The molecule has 0 saturated carbocycles. The second-order valence-corrected chi connectivity index (χ2v) is 6.94. The van der Waals surface area contributed by atoms with Gasteiger partial charge in [0.15, 0.2) is 6.61 Å². The van der Waals surface area contributed by atoms with Crippen LogP contribution in [0, 0.1) is 13.8 Å². The highest BCUT2D eigenvalue weighted by molar-refractivity contribution is 6.01. The van der Waals surface area contributed by atoms with E-state index >= 15 is 0 Å². The summed E-state index contributed by atoms with van der Waals surface area (Å²) < 4.78 is 12.2. The molecule has 6 heteroatoms. The lowest BCUT2D eigenvalue weighted by atomic mass is 10.1. The van der Waals surface area contributed by atoms with Gasteiger partial charge < -0.3 is 13.7 Å². The first-order chi connectivity index (χ1) is 14.5. The zero-order chi connectivity index (χ0) is 21.3. The van der Waals surface area contributed by atoms with Gasteiger partial charge in [-0.2, -0.15) is 0 Å². The number of benzene rings is 2. The monoisotopic (exact) mass is 401 g/mol. The number of fused-ring (bicyclic) bond motifs is 1. The molecule has 6 nitrogen and oxygen atoms in total. The molecule has 0 spiro atoms. The number of Topliss-reactive ketones (excluding diaryl/α,β-unsaturated/α-hetero) is 1. The number of carbonyl (C=O) groups excluding carboxylic acids is 2. The topological polar surface area (TPSA) is 78.5 Å². The molecule has 0 radical (unpaired) electrons. The van der Waals surface area contributed by atoms with E-state index in [1.54, 1.807) is 30.3 Å². The third-order valence-electron chi connectivity index (χ3n) is 4.94. The predicted octanol–water partition coefficient (Wildman–Crippen LogP) is 4.24. The Morgan fingerprint density at radius 2 is 1.63 bits per heavy atom. The molecule has 2 aromatic carbocycles. The number of esters is 1. The fraction of sp³-hybridized carbons (Fsp3) is 0.125. The molecule has 4 rings (SSSR count). The first-order valence-electron chi connectivity index (χ1n) is 9.43. The van der Waals surface area contributed by atoms with Gasteiger partial charge in [0.2, 0.25) is 5.78 Å². The summed E-state index contributed by atoms with van der Waals surface area (Å²) in [5.74, 6) is -1.23. The second kappa shape index (κ2) is 7.83. The Morgan fingerprint density at radius 3 is 2.40 bits per heavy atom. The molecular weight excluding hydrogens is 382 g/mol. The SMILES string of the molecule is Cc1cc(C(=O)COC(=O)c2cc3ccccc3oc2=O)c(C)n1-c1ccccc1. The molecule has 30 heavy (non-hydrogen) atoms. The number of carbonyl (C=O) groups is 2. The van der Waals surface area contributed by atoms with Crippen LogP contribution in [-0.4, -0.2) is 22.9 Å². The quantitative estimate of drug-likeness (QED) is 0.284. The van der Waals surface area contributed by atoms with E-state index in [1.807, 2.05) is 48.7 Å². The lowest BCUT2D eigenvalue weighted by Gasteiger charge is -2.09. The van der Waals surface area contributed by atoms with E-state index in [-0.39, 0.29) is 11.3 Å². The molecule has 4 aromatic rings. The zero-order valence-electron chi connectivity index (χ0n) is 16.5. The minimum Gasteiger partial charge on any atom is -0.453 e. The summed E-state index contributed by atoms with van der Waals surface area (Å²) in [5, 5.41) is 0.599. The van der Waals surface area contributed by atoms with Gasteiger partial charge in [0.25, 0.3) is 0 Å². The highest BCUT2D eigenvalue weighted by Crippen LogP contribution is 2.21. The molecule has 150 valence electrons. The van der Waals surface area contributed by atoms with Gasteiger partial charge in [-0.05, 0) is 44.2 Å². The lowest BCUT2D eigenvalue weighted by molar-refractivity contribution is 0.0470. The highest BCUT2D eigenvalue weighted by Gasteiger charge is 2.20. The smallest absolute Gasteiger partial charge is 0.351 e. The summed E-state index contributed by atoms with van der Waals surface area (Å²) in [6.45, 7) is 3.28. The first-order valence-corrected chi connectivity index (χ1v) is 9.43. The van der Waals surface area contributed by atoms with Gasteiger partial charge in [0.05, 0.1) is 0 Å². The fourth-order valence-corrected chi connectivity index (χ4v) is 3.51. The van der Waals surface area contributed by atoms with E-state index in [1.165, 1.54) is 6.07 Å². The van der Waals surface area contributed by atoms with Gasteiger partial charge in [0, 0.05) is 28.0 Å². The van der Waals surface area contributed by atoms with Crippen molar-refractivity contribution in [3.05, 3.63) is 99.7 Å². The van der Waals surface area contributed by atoms with Crippen molar-refractivity contribution >= 4 is 22.7 Å². The average molecular weight is 401 g/mol. The van der Waals surface area contributed by atoms with Crippen molar-refractivity contribution in [3.8, 4) is 5.69 Å². The number of ketones is 1. The Balaban J connectivity index is 1.54. The maximum absolute atomic E-state index is 12.7. The number of nitrogens with zero attached hydrogens (tertiary/aromatic N) is 1. The van der Waals surface area contributed by atoms with Crippen molar-refractivity contribution in [2.24, 2.45) is 0 Å². The molecule has 0 fully saturated rings. The standard InChI is InChI=1S/C24H19NO5/c1-15-12-19(16(2)25(15)18-9-4-3-5-10-18)21(26)14-29-23(27)20-13-17-8-6-7-11-22(17)30-24(20)28/h3-13H,14H2,1-2H3. The molecule has 0 unspecified atom stereocenters. The number of aryl methyl sites for hydroxylation is 1. The molecular formula is C24H19NO5. The maximum Gasteiger partial charge on any atom is 0.351 e. The van der Waals surface area contributed by atoms with E-state index in [4.69, 9.17) is 9.15 Å². The number of ether oxygens (including phenoxy) is 1. The third-order valence-corrected chi connectivity index (χ3v) is 4.94. The van der Waals surface area contributed by atoms with E-state index in [0.29, 0.717) is 16.5 Å². The minimum atomic E-state index is -0.889. The Bertz CT molecular complexity index is 1310. The summed E-state index contributed by atoms with van der Waals surface area (Å²) in [5.41, 5.74) is 2.40. The van der Waals surface area contributed by atoms with Crippen molar-refractivity contribution in [1.82, 2.24) is 4.57 Å². The Kier molecular flexibility index (Phi) is 5.06. The van der Waals surface area contributed by atoms with E-state index < -0.39 is 18.2 Å². The molecule has 0 N–H and O–H groups in total. The van der Waals surface area contributed by atoms with Gasteiger partial charge in [-0.25, -0.2) is 9.59 Å². The number of rotatable bonds is 5. The van der Waals surface area contributed by atoms with Crippen LogP contribution in [0.1, 0.15) is 32.1 Å². The summed E-state index contributed by atoms with van der Waals surface area (Å²) >= 11 is 0. The van der Waals surface area contributed by atoms with Gasteiger partial charge in [-0.15, -0.1) is 0 Å². The molecule has 0 aliphatic carbocycles. The van der Waals surface area contributed by atoms with Crippen LogP contribution in [0.5, 0.6) is 0 Å². The van der Waals surface area contributed by atoms with Crippen LogP contribution in [0.4, 0.5) is 0 Å². The lowest BCUT2D eigenvalue weighted by Crippen LogP contribution is -2.20. The Labute approximate surface area is 172 Å². The van der Waals surface area contributed by atoms with Gasteiger partial charge in [-0.3, -0.25) is 4.79 Å². The Morgan fingerprint density at radius 1 is 0.933 bits per heavy atom. The highest BCUT2D eigenvalue weighted by atomic mass is 16.5. The van der Waals surface area contributed by atoms with Gasteiger partial charge >= 0.3 is 11.6 Å². The van der Waals surface area contributed by atoms with Crippen LogP contribution >= 0.6 is 0 Å². The Hall–Kier alpha value is -3.93. The van der Waals surface area contributed by atoms with Crippen LogP contribution < -0.4 is 5.63 Å². The summed E-state index contributed by atoms with van der Waals surface area (Å²) in [6, 6.07) is 19.7. The van der Waals surface area contributed by atoms with Crippen molar-refractivity contribution in [3.63, 3.8) is 0 Å². The summed E-state index contributed by atoms with van der Waals surface area (Å²) in [7, 11) is 0. The van der Waals surface area contributed by atoms with Crippen molar-refractivity contribution in [1.29, 1.82) is 0 Å². The number of hydrogen-bond acceptors (Lipinski definition) is 5. The summed E-state index contributed by atoms with van der Waals surface area (Å²) in [6.07, 6.45) is 0. The van der Waals surface area contributed by atoms with E-state index in [9.17, 15) is 14.4 Å². The molecule has 0 aliphatic rings. The first kappa shape index (κ1) is 19.4. The number of aromatic nitrogens is 1. The third kappa shape index (κ3) is 3.55. The van der Waals surface area contributed by atoms with Crippen molar-refractivity contribution < 1.29 is 18.7 Å². The maximum atomic E-state index is 12.7. The van der Waals surface area contributed by atoms with E-state index in [0.717, 1.165) is 17.1 Å². The molecule has 2 heterocycles. The van der Waals surface area contributed by atoms with Crippen LogP contribution in [-0.2, 0) is 4.74 Å². The minimum absolute atomic E-state index is 0.240. The van der Waals surface area contributed by atoms with Crippen LogP contribution in [0.3, 0.4) is 0 Å². The average Bonchev–Trinajstić information content (AvgIpc) is 3.05. The normalized spacial score (nSPS) is 10.9. The fourth-order valence-electron chi connectivity index (χ4n) is 3.51. The molecule has 0 aliphatic heterocycles. The molecule has 0 atom stereocenters. The summed E-state index contributed by atoms with van der Waals surface area (Å²) in [4.78, 5) is 37.2. The number of para-hydroxylation sites is 2. The predicted molar refractivity (Wildman–Crippen MR) is 112 cm³/mol. The van der Waals surface area contributed by atoms with Crippen molar-refractivity contribution in [2.75, 3.05) is 6.61 Å². The number of hydrogen-bond donors (Lipinski definition) is 0. The molecule has 0 bridgehead atoms. The largest absolute Gasteiger partial charge is 0.453 e. The molecule has 0 amide bonds. The zero-order valence-corrected chi connectivity index (χ0v) is 16.5. The van der Waals surface area contributed by atoms with Crippen molar-refractivity contribution in [2.45, 2.75) is 13.8 Å². The van der Waals surface area contributed by atoms with Crippen LogP contribution in [0.25, 0.3) is 16.7 Å². The molecule has 0 saturated heterocycles.